The molecule has 0 fully saturated rings. The lowest BCUT2D eigenvalue weighted by Gasteiger charge is -2.10. The Kier molecular flexibility index (Phi) is 3.39. The highest BCUT2D eigenvalue weighted by atomic mass is 79.9. The van der Waals surface area contributed by atoms with Crippen molar-refractivity contribution in [1.29, 1.82) is 0 Å². The largest absolute Gasteiger partial charge is 0.384 e. The van der Waals surface area contributed by atoms with E-state index in [1.54, 1.807) is 30.5 Å². The summed E-state index contributed by atoms with van der Waals surface area (Å²) in [5, 5.41) is 3.21. The van der Waals surface area contributed by atoms with Gasteiger partial charge in [0, 0.05) is 24.6 Å². The van der Waals surface area contributed by atoms with E-state index in [1.165, 1.54) is 6.20 Å². The van der Waals surface area contributed by atoms with E-state index < -0.39 is 10.0 Å². The zero-order valence-corrected chi connectivity index (χ0v) is 12.8. The molecule has 0 spiro atoms. The van der Waals surface area contributed by atoms with Crippen LogP contribution in [0.15, 0.2) is 46.0 Å². The topological polar surface area (TPSA) is 71.1 Å². The molecular formula is C13H12BrN3O2S. The number of anilines is 2. The summed E-state index contributed by atoms with van der Waals surface area (Å²) < 4.78 is 27.9. The summed E-state index contributed by atoms with van der Waals surface area (Å²) in [6.45, 7) is 0.849. The zero-order chi connectivity index (χ0) is 14.2. The van der Waals surface area contributed by atoms with Crippen LogP contribution in [0.4, 0.5) is 11.4 Å². The van der Waals surface area contributed by atoms with Crippen LogP contribution in [0.5, 0.6) is 0 Å². The van der Waals surface area contributed by atoms with Gasteiger partial charge in [-0.05, 0) is 52.2 Å². The maximum atomic E-state index is 12.4. The molecule has 2 heterocycles. The molecule has 0 atom stereocenters. The molecule has 7 heteroatoms. The number of fused-ring (bicyclic) bond motifs is 1. The Morgan fingerprint density at radius 1 is 1.30 bits per heavy atom. The van der Waals surface area contributed by atoms with Gasteiger partial charge in [0.05, 0.1) is 15.1 Å². The highest BCUT2D eigenvalue weighted by Gasteiger charge is 2.19. The molecule has 0 aliphatic carbocycles. The van der Waals surface area contributed by atoms with Gasteiger partial charge in [0.25, 0.3) is 10.0 Å². The monoisotopic (exact) mass is 353 g/mol. The van der Waals surface area contributed by atoms with Crippen LogP contribution in [0.25, 0.3) is 0 Å². The number of sulfonamides is 1. The predicted octanol–water partition coefficient (Wildman–Crippen LogP) is 2.61. The second-order valence-electron chi connectivity index (χ2n) is 4.46. The van der Waals surface area contributed by atoms with Crippen LogP contribution in [-0.2, 0) is 16.4 Å². The number of nitrogens with zero attached hydrogens (tertiary/aromatic N) is 1. The first kappa shape index (κ1) is 13.4. The molecule has 0 radical (unpaired) electrons. The summed E-state index contributed by atoms with van der Waals surface area (Å²) in [7, 11) is -3.59. The standard InChI is InChI=1S/C13H12BrN3O2S/c14-11-8-15-5-4-13(11)17-20(18,19)10-1-2-12-9(7-10)3-6-16-12/h1-2,4-5,7-8,16H,3,6H2,(H,15,17). The fourth-order valence-electron chi connectivity index (χ4n) is 2.11. The molecule has 1 aliphatic heterocycles. The van der Waals surface area contributed by atoms with Crippen LogP contribution in [0.3, 0.4) is 0 Å². The predicted molar refractivity (Wildman–Crippen MR) is 81.4 cm³/mol. The number of rotatable bonds is 3. The van der Waals surface area contributed by atoms with E-state index in [1.807, 2.05) is 0 Å². The van der Waals surface area contributed by atoms with Crippen LogP contribution >= 0.6 is 15.9 Å². The highest BCUT2D eigenvalue weighted by molar-refractivity contribution is 9.10. The van der Waals surface area contributed by atoms with Crippen molar-refractivity contribution >= 4 is 37.3 Å². The van der Waals surface area contributed by atoms with E-state index in [-0.39, 0.29) is 4.90 Å². The van der Waals surface area contributed by atoms with Gasteiger partial charge in [-0.25, -0.2) is 8.42 Å². The first-order valence-electron chi connectivity index (χ1n) is 6.05. The van der Waals surface area contributed by atoms with Gasteiger partial charge in [0.2, 0.25) is 0 Å². The van der Waals surface area contributed by atoms with Crippen molar-refractivity contribution < 1.29 is 8.42 Å². The molecule has 0 saturated carbocycles. The lowest BCUT2D eigenvalue weighted by Crippen LogP contribution is -2.13. The van der Waals surface area contributed by atoms with Crippen LogP contribution in [0.2, 0.25) is 0 Å². The van der Waals surface area contributed by atoms with Gasteiger partial charge in [-0.3, -0.25) is 9.71 Å². The third-order valence-electron chi connectivity index (χ3n) is 3.11. The molecule has 1 aromatic heterocycles. The molecule has 3 rings (SSSR count). The number of nitrogens with one attached hydrogen (secondary N) is 2. The first-order chi connectivity index (χ1) is 9.56. The average molecular weight is 354 g/mol. The Balaban J connectivity index is 1.94. The number of hydrogen-bond acceptors (Lipinski definition) is 4. The van der Waals surface area contributed by atoms with Crippen molar-refractivity contribution in [2.24, 2.45) is 0 Å². The minimum Gasteiger partial charge on any atom is -0.384 e. The molecule has 20 heavy (non-hydrogen) atoms. The zero-order valence-electron chi connectivity index (χ0n) is 10.4. The Labute approximate surface area is 125 Å². The van der Waals surface area contributed by atoms with E-state index in [2.05, 4.69) is 31.0 Å². The van der Waals surface area contributed by atoms with E-state index in [0.29, 0.717) is 10.2 Å². The van der Waals surface area contributed by atoms with Crippen LogP contribution in [-0.4, -0.2) is 19.9 Å². The SMILES string of the molecule is O=S(=O)(Nc1ccncc1Br)c1ccc2c(c1)CCN2. The van der Waals surface area contributed by atoms with Crippen molar-refractivity contribution in [3.05, 3.63) is 46.7 Å². The molecule has 1 aromatic carbocycles. The third-order valence-corrected chi connectivity index (χ3v) is 5.11. The number of halogens is 1. The van der Waals surface area contributed by atoms with Crippen LogP contribution < -0.4 is 10.0 Å². The smallest absolute Gasteiger partial charge is 0.261 e. The van der Waals surface area contributed by atoms with Crippen LogP contribution in [0.1, 0.15) is 5.56 Å². The summed E-state index contributed by atoms with van der Waals surface area (Å²) in [5.41, 5.74) is 2.51. The van der Waals surface area contributed by atoms with Crippen molar-refractivity contribution in [1.82, 2.24) is 4.98 Å². The van der Waals surface area contributed by atoms with Gasteiger partial charge < -0.3 is 5.32 Å². The van der Waals surface area contributed by atoms with E-state index in [0.717, 1.165) is 24.2 Å². The Morgan fingerprint density at radius 3 is 2.95 bits per heavy atom. The minimum atomic E-state index is -3.59. The lowest BCUT2D eigenvalue weighted by atomic mass is 10.2. The first-order valence-corrected chi connectivity index (χ1v) is 8.33. The molecular weight excluding hydrogens is 342 g/mol. The van der Waals surface area contributed by atoms with Crippen LogP contribution in [0, 0.1) is 0 Å². The van der Waals surface area contributed by atoms with Gasteiger partial charge in [-0.2, -0.15) is 0 Å². The van der Waals surface area contributed by atoms with Crippen molar-refractivity contribution in [2.75, 3.05) is 16.6 Å². The number of benzene rings is 1. The van der Waals surface area contributed by atoms with Gasteiger partial charge in [0.1, 0.15) is 0 Å². The molecule has 2 N–H and O–H groups in total. The van der Waals surface area contributed by atoms with Gasteiger partial charge in [-0.1, -0.05) is 0 Å². The van der Waals surface area contributed by atoms with Gasteiger partial charge in [-0.15, -0.1) is 0 Å². The average Bonchev–Trinajstić information content (AvgIpc) is 2.88. The summed E-state index contributed by atoms with van der Waals surface area (Å²) in [5.74, 6) is 0. The fourth-order valence-corrected chi connectivity index (χ4v) is 3.72. The quantitative estimate of drug-likeness (QED) is 0.889. The second kappa shape index (κ2) is 5.06. The maximum Gasteiger partial charge on any atom is 0.261 e. The number of hydrogen-bond donors (Lipinski definition) is 2. The maximum absolute atomic E-state index is 12.4. The second-order valence-corrected chi connectivity index (χ2v) is 6.99. The van der Waals surface area contributed by atoms with E-state index in [4.69, 9.17) is 0 Å². The summed E-state index contributed by atoms with van der Waals surface area (Å²) in [4.78, 5) is 4.17. The summed E-state index contributed by atoms with van der Waals surface area (Å²) >= 11 is 3.27. The van der Waals surface area contributed by atoms with Crippen molar-refractivity contribution in [3.8, 4) is 0 Å². The molecule has 104 valence electrons. The molecule has 5 nitrogen and oxygen atoms in total. The Bertz CT molecular complexity index is 762. The van der Waals surface area contributed by atoms with Gasteiger partial charge in [0.15, 0.2) is 0 Å². The third kappa shape index (κ3) is 2.51. The molecule has 0 bridgehead atoms. The fraction of sp³-hybridized carbons (Fsp3) is 0.154. The summed E-state index contributed by atoms with van der Waals surface area (Å²) in [6.07, 6.45) is 3.93. The van der Waals surface area contributed by atoms with Gasteiger partial charge >= 0.3 is 0 Å². The highest BCUT2D eigenvalue weighted by Crippen LogP contribution is 2.27. The minimum absolute atomic E-state index is 0.267. The molecule has 2 aromatic rings. The van der Waals surface area contributed by atoms with Crippen molar-refractivity contribution in [3.63, 3.8) is 0 Å². The van der Waals surface area contributed by atoms with Crippen molar-refractivity contribution in [2.45, 2.75) is 11.3 Å². The molecule has 1 aliphatic rings. The normalized spacial score (nSPS) is 13.7. The van der Waals surface area contributed by atoms with E-state index >= 15 is 0 Å². The Morgan fingerprint density at radius 2 is 2.15 bits per heavy atom. The Hall–Kier alpha value is -1.60. The lowest BCUT2D eigenvalue weighted by molar-refractivity contribution is 0.601. The number of aromatic nitrogens is 1. The summed E-state index contributed by atoms with van der Waals surface area (Å²) in [6, 6.07) is 6.73. The number of pyridine rings is 1. The molecule has 0 saturated heterocycles. The molecule has 0 unspecified atom stereocenters. The van der Waals surface area contributed by atoms with E-state index in [9.17, 15) is 8.42 Å². The molecule has 0 amide bonds.